The molecular weight excluding hydrogens is 206 g/mol. The first-order valence-corrected chi connectivity index (χ1v) is 5.33. The van der Waals surface area contributed by atoms with Crippen LogP contribution in [0.1, 0.15) is 0 Å². The molecule has 1 atom stereocenters. The second-order valence-corrected chi connectivity index (χ2v) is 3.50. The summed E-state index contributed by atoms with van der Waals surface area (Å²) in [5.74, 6) is 0. The lowest BCUT2D eigenvalue weighted by Crippen LogP contribution is -2.27. The Hall–Kier alpha value is -1.30. The van der Waals surface area contributed by atoms with Gasteiger partial charge in [-0.2, -0.15) is 0 Å². The van der Waals surface area contributed by atoms with E-state index in [9.17, 15) is 5.11 Å². The molecule has 0 unspecified atom stereocenters. The van der Waals surface area contributed by atoms with Crippen molar-refractivity contribution in [1.82, 2.24) is 0 Å². The number of nitrogens with two attached hydrogens (primary N) is 1. The van der Waals surface area contributed by atoms with E-state index in [1.165, 1.54) is 0 Å². The fourth-order valence-electron chi connectivity index (χ4n) is 1.23. The largest absolute Gasteiger partial charge is 0.395 e. The minimum Gasteiger partial charge on any atom is -0.395 e. The van der Waals surface area contributed by atoms with Crippen LogP contribution >= 0.6 is 0 Å². The zero-order chi connectivity index (χ0) is 11.8. The van der Waals surface area contributed by atoms with Gasteiger partial charge < -0.3 is 26.6 Å². The van der Waals surface area contributed by atoms with Gasteiger partial charge in [-0.05, 0) is 24.3 Å². The summed E-state index contributed by atoms with van der Waals surface area (Å²) in [5, 5.41) is 24.0. The molecule has 0 fully saturated rings. The van der Waals surface area contributed by atoms with Gasteiger partial charge in [0, 0.05) is 31.0 Å². The lowest BCUT2D eigenvalue weighted by Gasteiger charge is -2.11. The Labute approximate surface area is 95.3 Å². The first kappa shape index (κ1) is 12.8. The minimum atomic E-state index is -0.521. The molecule has 16 heavy (non-hydrogen) atoms. The van der Waals surface area contributed by atoms with Gasteiger partial charge in [0.2, 0.25) is 0 Å². The van der Waals surface area contributed by atoms with Crippen molar-refractivity contribution >= 4 is 11.4 Å². The Bertz CT molecular complexity index is 290. The van der Waals surface area contributed by atoms with Gasteiger partial charge in [-0.1, -0.05) is 0 Å². The first-order valence-electron chi connectivity index (χ1n) is 5.33. The van der Waals surface area contributed by atoms with Gasteiger partial charge in [0.1, 0.15) is 0 Å². The predicted molar refractivity (Wildman–Crippen MR) is 65.6 cm³/mol. The topological polar surface area (TPSA) is 90.5 Å². The van der Waals surface area contributed by atoms with E-state index < -0.39 is 6.10 Å². The maximum Gasteiger partial charge on any atom is 0.0834 e. The van der Waals surface area contributed by atoms with E-state index in [1.54, 1.807) is 0 Å². The molecule has 5 nitrogen and oxygen atoms in total. The van der Waals surface area contributed by atoms with Crippen molar-refractivity contribution in [3.63, 3.8) is 0 Å². The molecule has 6 N–H and O–H groups in total. The van der Waals surface area contributed by atoms with Gasteiger partial charge in [0.15, 0.2) is 0 Å². The lowest BCUT2D eigenvalue weighted by molar-refractivity contribution is 0.196. The Kier molecular flexibility index (Phi) is 5.63. The second kappa shape index (κ2) is 7.05. The lowest BCUT2D eigenvalue weighted by atomic mass is 10.2. The molecule has 1 rings (SSSR count). The Balaban J connectivity index is 2.38. The number of hydrogen-bond acceptors (Lipinski definition) is 5. The third-order valence-electron chi connectivity index (χ3n) is 2.14. The Morgan fingerprint density at radius 1 is 1.12 bits per heavy atom. The van der Waals surface area contributed by atoms with Crippen LogP contribution in [0.2, 0.25) is 0 Å². The maximum absolute atomic E-state index is 9.26. The monoisotopic (exact) mass is 225 g/mol. The molecule has 0 aliphatic carbocycles. The summed E-state index contributed by atoms with van der Waals surface area (Å²) < 4.78 is 0. The molecule has 0 aliphatic heterocycles. The molecule has 0 radical (unpaired) electrons. The van der Waals surface area contributed by atoms with E-state index in [0.717, 1.165) is 11.4 Å². The molecule has 0 saturated carbocycles. The van der Waals surface area contributed by atoms with E-state index in [4.69, 9.17) is 10.8 Å². The number of hydrogen-bond donors (Lipinski definition) is 5. The Morgan fingerprint density at radius 3 is 2.19 bits per heavy atom. The van der Waals surface area contributed by atoms with Crippen molar-refractivity contribution in [2.24, 2.45) is 5.73 Å². The van der Waals surface area contributed by atoms with Gasteiger partial charge in [0.05, 0.1) is 12.7 Å². The summed E-state index contributed by atoms with van der Waals surface area (Å²) in [6, 6.07) is 7.63. The molecule has 0 spiro atoms. The normalized spacial score (nSPS) is 12.2. The maximum atomic E-state index is 9.26. The second-order valence-electron chi connectivity index (χ2n) is 3.50. The van der Waals surface area contributed by atoms with Crippen molar-refractivity contribution in [3.05, 3.63) is 24.3 Å². The van der Waals surface area contributed by atoms with E-state index in [0.29, 0.717) is 13.1 Å². The molecule has 90 valence electrons. The summed E-state index contributed by atoms with van der Waals surface area (Å²) in [7, 11) is 0. The highest BCUT2D eigenvalue weighted by molar-refractivity contribution is 5.53. The number of benzene rings is 1. The van der Waals surface area contributed by atoms with E-state index in [-0.39, 0.29) is 13.2 Å². The summed E-state index contributed by atoms with van der Waals surface area (Å²) in [4.78, 5) is 0. The molecule has 0 amide bonds. The SMILES string of the molecule is NC[C@H](O)CNc1ccc(NCCO)cc1. The molecule has 0 saturated heterocycles. The average molecular weight is 225 g/mol. The zero-order valence-electron chi connectivity index (χ0n) is 9.19. The fourth-order valence-corrected chi connectivity index (χ4v) is 1.23. The smallest absolute Gasteiger partial charge is 0.0834 e. The fraction of sp³-hybridized carbons (Fsp3) is 0.455. The van der Waals surface area contributed by atoms with E-state index in [1.807, 2.05) is 24.3 Å². The molecule has 1 aromatic rings. The number of rotatable bonds is 7. The van der Waals surface area contributed by atoms with Crippen LogP contribution < -0.4 is 16.4 Å². The average Bonchev–Trinajstić information content (AvgIpc) is 2.34. The number of nitrogens with one attached hydrogen (secondary N) is 2. The van der Waals surface area contributed by atoms with Gasteiger partial charge in [0.25, 0.3) is 0 Å². The third-order valence-corrected chi connectivity index (χ3v) is 2.14. The van der Waals surface area contributed by atoms with Crippen LogP contribution in [0.4, 0.5) is 11.4 Å². The standard InChI is InChI=1S/C11H19N3O2/c12-7-11(16)8-14-10-3-1-9(2-4-10)13-5-6-15/h1-4,11,13-16H,5-8,12H2/t11-/m0/s1. The van der Waals surface area contributed by atoms with E-state index >= 15 is 0 Å². The van der Waals surface area contributed by atoms with Gasteiger partial charge in [-0.25, -0.2) is 0 Å². The van der Waals surface area contributed by atoms with Gasteiger partial charge >= 0.3 is 0 Å². The van der Waals surface area contributed by atoms with Crippen LogP contribution in [0.25, 0.3) is 0 Å². The highest BCUT2D eigenvalue weighted by Gasteiger charge is 2.00. The number of aliphatic hydroxyl groups excluding tert-OH is 2. The van der Waals surface area contributed by atoms with Gasteiger partial charge in [-0.15, -0.1) is 0 Å². The molecule has 5 heteroatoms. The summed E-state index contributed by atoms with van der Waals surface area (Å²) in [6.45, 7) is 1.35. The molecule has 1 aromatic carbocycles. The van der Waals surface area contributed by atoms with Crippen LogP contribution in [0.3, 0.4) is 0 Å². The highest BCUT2D eigenvalue weighted by Crippen LogP contribution is 2.12. The summed E-state index contributed by atoms with van der Waals surface area (Å²) in [5.41, 5.74) is 7.18. The molecular formula is C11H19N3O2. The van der Waals surface area contributed by atoms with E-state index in [2.05, 4.69) is 10.6 Å². The van der Waals surface area contributed by atoms with Crippen molar-refractivity contribution in [1.29, 1.82) is 0 Å². The predicted octanol–water partition coefficient (Wildman–Crippen LogP) is -0.178. The molecule has 0 heterocycles. The Morgan fingerprint density at radius 2 is 1.69 bits per heavy atom. The molecule has 0 aromatic heterocycles. The number of aliphatic hydroxyl groups is 2. The van der Waals surface area contributed by atoms with Crippen LogP contribution in [-0.2, 0) is 0 Å². The summed E-state index contributed by atoms with van der Waals surface area (Å²) >= 11 is 0. The van der Waals surface area contributed by atoms with Crippen molar-refractivity contribution in [3.8, 4) is 0 Å². The summed E-state index contributed by atoms with van der Waals surface area (Å²) in [6.07, 6.45) is -0.521. The van der Waals surface area contributed by atoms with Gasteiger partial charge in [-0.3, -0.25) is 0 Å². The highest BCUT2D eigenvalue weighted by atomic mass is 16.3. The quantitative estimate of drug-likeness (QED) is 0.444. The van der Waals surface area contributed by atoms with Crippen LogP contribution in [-0.4, -0.2) is 42.6 Å². The van der Waals surface area contributed by atoms with Crippen molar-refractivity contribution in [2.75, 3.05) is 36.9 Å². The number of anilines is 2. The van der Waals surface area contributed by atoms with Crippen molar-refractivity contribution < 1.29 is 10.2 Å². The zero-order valence-corrected chi connectivity index (χ0v) is 9.19. The van der Waals surface area contributed by atoms with Crippen LogP contribution in [0.5, 0.6) is 0 Å². The van der Waals surface area contributed by atoms with Crippen molar-refractivity contribution in [2.45, 2.75) is 6.10 Å². The van der Waals surface area contributed by atoms with Crippen LogP contribution in [0.15, 0.2) is 24.3 Å². The third kappa shape index (κ3) is 4.48. The molecule has 0 aliphatic rings. The first-order chi connectivity index (χ1) is 7.76. The molecule has 0 bridgehead atoms. The minimum absolute atomic E-state index is 0.114. The van der Waals surface area contributed by atoms with Crippen LogP contribution in [0, 0.1) is 0 Å².